The van der Waals surface area contributed by atoms with Crippen LogP contribution in [0.1, 0.15) is 43.7 Å². The van der Waals surface area contributed by atoms with Gasteiger partial charge >= 0.3 is 0 Å². The summed E-state index contributed by atoms with van der Waals surface area (Å²) in [6.07, 6.45) is 12.3. The van der Waals surface area contributed by atoms with Crippen LogP contribution in [0, 0.1) is 5.92 Å². The van der Waals surface area contributed by atoms with Crippen LogP contribution in [0.25, 0.3) is 0 Å². The number of hydrogen-bond acceptors (Lipinski definition) is 2. The van der Waals surface area contributed by atoms with Gasteiger partial charge in [-0.05, 0) is 63.1 Å². The zero-order valence-electron chi connectivity index (χ0n) is 9.86. The highest BCUT2D eigenvalue weighted by molar-refractivity contribution is 5.06. The molecule has 1 aliphatic carbocycles. The summed E-state index contributed by atoms with van der Waals surface area (Å²) in [6.45, 7) is 2.40. The van der Waals surface area contributed by atoms with E-state index < -0.39 is 0 Å². The van der Waals surface area contributed by atoms with Crippen LogP contribution >= 0.6 is 0 Å². The maximum atomic E-state index is 4.50. The molecule has 1 unspecified atom stereocenters. The van der Waals surface area contributed by atoms with E-state index in [0.29, 0.717) is 6.04 Å². The molecule has 16 heavy (non-hydrogen) atoms. The van der Waals surface area contributed by atoms with Gasteiger partial charge in [-0.3, -0.25) is 4.68 Å². The quantitative estimate of drug-likeness (QED) is 0.844. The Morgan fingerprint density at radius 2 is 2.25 bits per heavy atom. The molecule has 1 saturated heterocycles. The summed E-state index contributed by atoms with van der Waals surface area (Å²) < 4.78 is 2.19. The third-order valence-corrected chi connectivity index (χ3v) is 4.03. The van der Waals surface area contributed by atoms with E-state index in [1.54, 1.807) is 0 Å². The highest BCUT2D eigenvalue weighted by atomic mass is 15.3. The molecule has 1 aromatic heterocycles. The molecule has 0 spiro atoms. The van der Waals surface area contributed by atoms with E-state index in [4.69, 9.17) is 0 Å². The first-order chi connectivity index (χ1) is 7.92. The van der Waals surface area contributed by atoms with Crippen molar-refractivity contribution < 1.29 is 0 Å². The zero-order chi connectivity index (χ0) is 10.8. The fourth-order valence-corrected chi connectivity index (χ4v) is 2.77. The first-order valence-corrected chi connectivity index (χ1v) is 6.65. The van der Waals surface area contributed by atoms with E-state index in [9.17, 15) is 0 Å². The van der Waals surface area contributed by atoms with Gasteiger partial charge in [-0.1, -0.05) is 0 Å². The summed E-state index contributed by atoms with van der Waals surface area (Å²) in [7, 11) is 0. The van der Waals surface area contributed by atoms with Gasteiger partial charge < -0.3 is 5.32 Å². The standard InChI is InChI=1S/C13H21N3/c1-4-13(5-1)16-10-12(9-15-16)7-11-3-2-6-14-8-11/h9-11,13-14H,1-8H2. The van der Waals surface area contributed by atoms with E-state index in [2.05, 4.69) is 27.5 Å². The lowest BCUT2D eigenvalue weighted by Gasteiger charge is -2.25. The van der Waals surface area contributed by atoms with Crippen molar-refractivity contribution in [2.75, 3.05) is 13.1 Å². The van der Waals surface area contributed by atoms with Crippen LogP contribution in [-0.2, 0) is 6.42 Å². The van der Waals surface area contributed by atoms with Gasteiger partial charge in [0.2, 0.25) is 0 Å². The van der Waals surface area contributed by atoms with Crippen LogP contribution in [0.5, 0.6) is 0 Å². The van der Waals surface area contributed by atoms with Gasteiger partial charge in [0.15, 0.2) is 0 Å². The van der Waals surface area contributed by atoms with Crippen LogP contribution in [0.4, 0.5) is 0 Å². The van der Waals surface area contributed by atoms with Gasteiger partial charge in [0.25, 0.3) is 0 Å². The summed E-state index contributed by atoms with van der Waals surface area (Å²) in [5, 5.41) is 7.98. The molecular weight excluding hydrogens is 198 g/mol. The molecule has 0 aromatic carbocycles. The molecule has 1 N–H and O–H groups in total. The SMILES string of the molecule is c1nn(C2CCC2)cc1CC1CCCNC1. The van der Waals surface area contributed by atoms with Crippen molar-refractivity contribution in [3.05, 3.63) is 18.0 Å². The van der Waals surface area contributed by atoms with Crippen molar-refractivity contribution in [2.24, 2.45) is 5.92 Å². The highest BCUT2D eigenvalue weighted by Gasteiger charge is 2.20. The van der Waals surface area contributed by atoms with Crippen LogP contribution < -0.4 is 5.32 Å². The second kappa shape index (κ2) is 4.58. The minimum Gasteiger partial charge on any atom is -0.316 e. The van der Waals surface area contributed by atoms with Crippen molar-refractivity contribution >= 4 is 0 Å². The average Bonchev–Trinajstić information content (AvgIpc) is 2.65. The number of aromatic nitrogens is 2. The predicted octanol–water partition coefficient (Wildman–Crippen LogP) is 2.15. The Labute approximate surface area is 97.2 Å². The topological polar surface area (TPSA) is 29.9 Å². The van der Waals surface area contributed by atoms with Crippen LogP contribution in [0.3, 0.4) is 0 Å². The summed E-state index contributed by atoms with van der Waals surface area (Å²) in [4.78, 5) is 0. The molecule has 3 heteroatoms. The second-order valence-corrected chi connectivity index (χ2v) is 5.33. The number of hydrogen-bond donors (Lipinski definition) is 1. The number of rotatable bonds is 3. The molecule has 0 amide bonds. The van der Waals surface area contributed by atoms with E-state index in [0.717, 1.165) is 5.92 Å². The van der Waals surface area contributed by atoms with Crippen molar-refractivity contribution in [2.45, 2.75) is 44.6 Å². The lowest BCUT2D eigenvalue weighted by molar-refractivity contribution is 0.289. The molecule has 1 saturated carbocycles. The first-order valence-electron chi connectivity index (χ1n) is 6.65. The van der Waals surface area contributed by atoms with Gasteiger partial charge in [-0.2, -0.15) is 5.10 Å². The van der Waals surface area contributed by atoms with Crippen LogP contribution in [0.15, 0.2) is 12.4 Å². The predicted molar refractivity (Wildman–Crippen MR) is 64.4 cm³/mol. The van der Waals surface area contributed by atoms with Crippen molar-refractivity contribution in [1.29, 1.82) is 0 Å². The first kappa shape index (κ1) is 10.3. The maximum absolute atomic E-state index is 4.50. The Hall–Kier alpha value is -0.830. The third kappa shape index (κ3) is 2.14. The third-order valence-electron chi connectivity index (χ3n) is 4.03. The van der Waals surface area contributed by atoms with E-state index in [1.165, 1.54) is 57.2 Å². The van der Waals surface area contributed by atoms with Gasteiger partial charge in [-0.15, -0.1) is 0 Å². The second-order valence-electron chi connectivity index (χ2n) is 5.33. The number of nitrogens with one attached hydrogen (secondary N) is 1. The molecular formula is C13H21N3. The molecule has 1 aromatic rings. The van der Waals surface area contributed by atoms with Crippen molar-refractivity contribution in [1.82, 2.24) is 15.1 Å². The van der Waals surface area contributed by atoms with E-state index >= 15 is 0 Å². The number of piperidine rings is 1. The van der Waals surface area contributed by atoms with E-state index in [-0.39, 0.29) is 0 Å². The zero-order valence-corrected chi connectivity index (χ0v) is 9.86. The minimum absolute atomic E-state index is 0.707. The summed E-state index contributed by atoms with van der Waals surface area (Å²) in [5.41, 5.74) is 1.43. The molecule has 3 nitrogen and oxygen atoms in total. The summed E-state index contributed by atoms with van der Waals surface area (Å²) in [5.74, 6) is 0.827. The molecule has 88 valence electrons. The fraction of sp³-hybridized carbons (Fsp3) is 0.769. The maximum Gasteiger partial charge on any atom is 0.0521 e. The van der Waals surface area contributed by atoms with Gasteiger partial charge in [-0.25, -0.2) is 0 Å². The molecule has 1 atom stereocenters. The van der Waals surface area contributed by atoms with Gasteiger partial charge in [0, 0.05) is 6.20 Å². The highest BCUT2D eigenvalue weighted by Crippen LogP contribution is 2.31. The molecule has 3 rings (SSSR count). The molecule has 2 aliphatic rings. The monoisotopic (exact) mass is 219 g/mol. The van der Waals surface area contributed by atoms with E-state index in [1.807, 2.05) is 0 Å². The summed E-state index contributed by atoms with van der Waals surface area (Å²) in [6, 6.07) is 0.707. The molecule has 1 aliphatic heterocycles. The largest absolute Gasteiger partial charge is 0.316 e. The summed E-state index contributed by atoms with van der Waals surface area (Å²) >= 11 is 0. The van der Waals surface area contributed by atoms with Crippen molar-refractivity contribution in [3.63, 3.8) is 0 Å². The Kier molecular flexibility index (Phi) is 2.96. The Morgan fingerprint density at radius 3 is 2.94 bits per heavy atom. The van der Waals surface area contributed by atoms with Crippen LogP contribution in [0.2, 0.25) is 0 Å². The number of nitrogens with zero attached hydrogens (tertiary/aromatic N) is 2. The Bertz CT molecular complexity index is 335. The average molecular weight is 219 g/mol. The lowest BCUT2D eigenvalue weighted by Crippen LogP contribution is -2.30. The Balaban J connectivity index is 1.58. The molecule has 2 fully saturated rings. The molecule has 0 bridgehead atoms. The van der Waals surface area contributed by atoms with Gasteiger partial charge in [0.1, 0.15) is 0 Å². The lowest BCUT2D eigenvalue weighted by atomic mass is 9.92. The molecule has 2 heterocycles. The fourth-order valence-electron chi connectivity index (χ4n) is 2.77. The van der Waals surface area contributed by atoms with Crippen LogP contribution in [-0.4, -0.2) is 22.9 Å². The normalized spacial score (nSPS) is 26.6. The minimum atomic E-state index is 0.707. The van der Waals surface area contributed by atoms with Crippen molar-refractivity contribution in [3.8, 4) is 0 Å². The smallest absolute Gasteiger partial charge is 0.0521 e. The Morgan fingerprint density at radius 1 is 1.31 bits per heavy atom. The molecule has 0 radical (unpaired) electrons. The van der Waals surface area contributed by atoms with Gasteiger partial charge in [0.05, 0.1) is 12.2 Å².